The smallest absolute Gasteiger partial charge is 0.132 e. The molecule has 2 N–H and O–H groups in total. The van der Waals surface area contributed by atoms with Gasteiger partial charge in [0.05, 0.1) is 5.69 Å². The lowest BCUT2D eigenvalue weighted by Crippen LogP contribution is -1.89. The Hall–Kier alpha value is -1.42. The summed E-state index contributed by atoms with van der Waals surface area (Å²) in [5, 5.41) is 1.70. The Bertz CT molecular complexity index is 425. The molecular weight excluding hydrogens is 187 g/mol. The van der Waals surface area contributed by atoms with Gasteiger partial charge in [-0.25, -0.2) is 4.39 Å². The predicted molar refractivity (Wildman–Crippen MR) is 51.9 cm³/mol. The second-order valence-corrected chi connectivity index (χ2v) is 3.23. The van der Waals surface area contributed by atoms with Gasteiger partial charge in [0.2, 0.25) is 0 Å². The van der Waals surface area contributed by atoms with Crippen molar-refractivity contribution in [2.75, 3.05) is 5.73 Å². The average Bonchev–Trinajstić information content (AvgIpc) is 2.52. The summed E-state index contributed by atoms with van der Waals surface area (Å²) in [5.74, 6) is -0.292. The summed E-state index contributed by atoms with van der Waals surface area (Å²) in [7, 11) is 0. The molecule has 0 fully saturated rings. The van der Waals surface area contributed by atoms with Crippen molar-refractivity contribution in [3.05, 3.63) is 35.5 Å². The molecule has 66 valence electrons. The van der Waals surface area contributed by atoms with Crippen LogP contribution in [-0.2, 0) is 0 Å². The molecule has 1 heterocycles. The molecule has 0 aliphatic rings. The summed E-state index contributed by atoms with van der Waals surface area (Å²) in [6.45, 7) is 0. The summed E-state index contributed by atoms with van der Waals surface area (Å²) >= 11 is 1.23. The molecule has 2 nitrogen and oxygen atoms in total. The normalized spacial score (nSPS) is 10.2. The summed E-state index contributed by atoms with van der Waals surface area (Å²) < 4.78 is 17.3. The molecule has 0 unspecified atom stereocenters. The maximum atomic E-state index is 13.2. The fourth-order valence-electron chi connectivity index (χ4n) is 1.10. The summed E-state index contributed by atoms with van der Waals surface area (Å²) in [6, 6.07) is 6.47. The van der Waals surface area contributed by atoms with Crippen molar-refractivity contribution in [2.24, 2.45) is 0 Å². The quantitative estimate of drug-likeness (QED) is 0.757. The average molecular weight is 194 g/mol. The maximum absolute atomic E-state index is 13.2. The van der Waals surface area contributed by atoms with Crippen LogP contribution in [0.2, 0.25) is 0 Å². The number of nitrogen functional groups attached to an aromatic ring is 1. The standard InChI is InChI=1S/C9H7FN2S/c10-7-4-2-1-3-6(7)9-8(11)5-13-12-9/h1-5H,11H2. The fraction of sp³-hybridized carbons (Fsp3) is 0. The number of hydrogen-bond acceptors (Lipinski definition) is 3. The van der Waals surface area contributed by atoms with Gasteiger partial charge in [0.15, 0.2) is 0 Å². The van der Waals surface area contributed by atoms with E-state index in [1.165, 1.54) is 17.6 Å². The van der Waals surface area contributed by atoms with Gasteiger partial charge < -0.3 is 5.73 Å². The van der Waals surface area contributed by atoms with Gasteiger partial charge in [-0.05, 0) is 23.7 Å². The lowest BCUT2D eigenvalue weighted by atomic mass is 10.1. The minimum atomic E-state index is -0.292. The molecule has 0 spiro atoms. The third kappa shape index (κ3) is 1.40. The van der Waals surface area contributed by atoms with E-state index in [2.05, 4.69) is 4.37 Å². The van der Waals surface area contributed by atoms with Crippen LogP contribution in [0.5, 0.6) is 0 Å². The molecule has 0 atom stereocenters. The Labute approximate surface area is 79.0 Å². The molecule has 2 aromatic rings. The van der Waals surface area contributed by atoms with E-state index in [1.54, 1.807) is 23.6 Å². The number of aromatic nitrogens is 1. The highest BCUT2D eigenvalue weighted by Crippen LogP contribution is 2.27. The fourth-order valence-corrected chi connectivity index (χ4v) is 1.69. The molecule has 1 aromatic heterocycles. The minimum absolute atomic E-state index is 0.292. The van der Waals surface area contributed by atoms with E-state index in [0.717, 1.165) is 0 Å². The van der Waals surface area contributed by atoms with Crippen molar-refractivity contribution >= 4 is 17.2 Å². The highest BCUT2D eigenvalue weighted by Gasteiger charge is 2.09. The Morgan fingerprint density at radius 1 is 1.31 bits per heavy atom. The van der Waals surface area contributed by atoms with Crippen molar-refractivity contribution in [3.63, 3.8) is 0 Å². The van der Waals surface area contributed by atoms with Gasteiger partial charge in [-0.1, -0.05) is 12.1 Å². The van der Waals surface area contributed by atoms with Gasteiger partial charge in [-0.15, -0.1) is 0 Å². The molecule has 0 aliphatic carbocycles. The van der Waals surface area contributed by atoms with Crippen LogP contribution >= 0.6 is 11.5 Å². The zero-order valence-corrected chi connectivity index (χ0v) is 7.51. The molecular formula is C9H7FN2S. The maximum Gasteiger partial charge on any atom is 0.132 e. The Balaban J connectivity index is 2.59. The van der Waals surface area contributed by atoms with E-state index in [-0.39, 0.29) is 5.82 Å². The number of hydrogen-bond donors (Lipinski definition) is 1. The van der Waals surface area contributed by atoms with Crippen LogP contribution in [0, 0.1) is 5.82 Å². The minimum Gasteiger partial charge on any atom is -0.396 e. The van der Waals surface area contributed by atoms with Crippen molar-refractivity contribution in [1.82, 2.24) is 4.37 Å². The third-order valence-electron chi connectivity index (χ3n) is 1.73. The topological polar surface area (TPSA) is 38.9 Å². The van der Waals surface area contributed by atoms with Crippen LogP contribution in [0.1, 0.15) is 0 Å². The number of nitrogens with zero attached hydrogens (tertiary/aromatic N) is 1. The molecule has 1 aromatic carbocycles. The van der Waals surface area contributed by atoms with Gasteiger partial charge >= 0.3 is 0 Å². The van der Waals surface area contributed by atoms with Gasteiger partial charge in [-0.3, -0.25) is 0 Å². The number of rotatable bonds is 1. The lowest BCUT2D eigenvalue weighted by Gasteiger charge is -1.99. The molecule has 0 radical (unpaired) electrons. The van der Waals surface area contributed by atoms with Crippen LogP contribution in [0.4, 0.5) is 10.1 Å². The van der Waals surface area contributed by atoms with Gasteiger partial charge in [0.25, 0.3) is 0 Å². The summed E-state index contributed by atoms with van der Waals surface area (Å²) in [6.07, 6.45) is 0. The van der Waals surface area contributed by atoms with E-state index in [1.807, 2.05) is 0 Å². The van der Waals surface area contributed by atoms with E-state index in [9.17, 15) is 4.39 Å². The van der Waals surface area contributed by atoms with Crippen LogP contribution in [0.25, 0.3) is 11.3 Å². The molecule has 0 aliphatic heterocycles. The first-order chi connectivity index (χ1) is 6.29. The zero-order valence-electron chi connectivity index (χ0n) is 6.70. The molecule has 0 amide bonds. The van der Waals surface area contributed by atoms with Crippen molar-refractivity contribution < 1.29 is 4.39 Å². The SMILES string of the molecule is Nc1csnc1-c1ccccc1F. The molecule has 4 heteroatoms. The monoisotopic (exact) mass is 194 g/mol. The van der Waals surface area contributed by atoms with Crippen LogP contribution < -0.4 is 5.73 Å². The van der Waals surface area contributed by atoms with E-state index in [0.29, 0.717) is 16.9 Å². The van der Waals surface area contributed by atoms with Crippen molar-refractivity contribution in [1.29, 1.82) is 0 Å². The number of anilines is 1. The van der Waals surface area contributed by atoms with Crippen LogP contribution in [0.3, 0.4) is 0 Å². The second kappa shape index (κ2) is 3.14. The third-order valence-corrected chi connectivity index (χ3v) is 2.37. The molecule has 0 saturated heterocycles. The number of nitrogens with two attached hydrogens (primary N) is 1. The van der Waals surface area contributed by atoms with Gasteiger partial charge in [-0.2, -0.15) is 4.37 Å². The second-order valence-electron chi connectivity index (χ2n) is 2.60. The summed E-state index contributed by atoms with van der Waals surface area (Å²) in [5.41, 5.74) is 7.14. The van der Waals surface area contributed by atoms with Crippen molar-refractivity contribution in [3.8, 4) is 11.3 Å². The molecule has 13 heavy (non-hydrogen) atoms. The zero-order chi connectivity index (χ0) is 9.26. The molecule has 0 saturated carbocycles. The first-order valence-corrected chi connectivity index (χ1v) is 4.57. The molecule has 0 bridgehead atoms. The Morgan fingerprint density at radius 3 is 2.69 bits per heavy atom. The van der Waals surface area contributed by atoms with Crippen LogP contribution in [-0.4, -0.2) is 4.37 Å². The summed E-state index contributed by atoms with van der Waals surface area (Å²) in [4.78, 5) is 0. The largest absolute Gasteiger partial charge is 0.396 e. The van der Waals surface area contributed by atoms with Crippen molar-refractivity contribution in [2.45, 2.75) is 0 Å². The lowest BCUT2D eigenvalue weighted by molar-refractivity contribution is 0.631. The predicted octanol–water partition coefficient (Wildman–Crippen LogP) is 2.53. The number of benzene rings is 1. The highest BCUT2D eigenvalue weighted by atomic mass is 32.1. The Morgan fingerprint density at radius 2 is 2.08 bits per heavy atom. The first-order valence-electron chi connectivity index (χ1n) is 3.74. The highest BCUT2D eigenvalue weighted by molar-refractivity contribution is 7.04. The number of halogens is 1. The van der Waals surface area contributed by atoms with E-state index in [4.69, 9.17) is 5.73 Å². The Kier molecular flexibility index (Phi) is 1.98. The van der Waals surface area contributed by atoms with Crippen LogP contribution in [0.15, 0.2) is 29.6 Å². The first kappa shape index (κ1) is 8.19. The molecule has 2 rings (SSSR count). The van der Waals surface area contributed by atoms with E-state index < -0.39 is 0 Å². The van der Waals surface area contributed by atoms with Gasteiger partial charge in [0, 0.05) is 10.9 Å². The van der Waals surface area contributed by atoms with E-state index >= 15 is 0 Å². The van der Waals surface area contributed by atoms with Gasteiger partial charge in [0.1, 0.15) is 11.5 Å².